The van der Waals surface area contributed by atoms with Crippen LogP contribution in [-0.4, -0.2) is 9.97 Å². The number of rotatable bonds is 1. The third-order valence-corrected chi connectivity index (χ3v) is 6.12. The number of pyridine rings is 2. The van der Waals surface area contributed by atoms with E-state index in [1.807, 2.05) is 12.3 Å². The molecule has 144 valence electrons. The normalized spacial score (nSPS) is 11.9. The monoisotopic (exact) mass is 396 g/mol. The molecule has 7 aromatic rings. The number of hydrogen-bond acceptors (Lipinski definition) is 3. The Morgan fingerprint density at radius 1 is 0.613 bits per heavy atom. The lowest BCUT2D eigenvalue weighted by Gasteiger charge is -2.12. The summed E-state index contributed by atoms with van der Waals surface area (Å²) >= 11 is 0. The van der Waals surface area contributed by atoms with Crippen molar-refractivity contribution in [2.45, 2.75) is 0 Å². The molecule has 0 radical (unpaired) electrons. The summed E-state index contributed by atoms with van der Waals surface area (Å²) in [6.45, 7) is 0. The maximum Gasteiger partial charge on any atom is 0.227 e. The van der Waals surface area contributed by atoms with Crippen LogP contribution in [0.25, 0.3) is 65.6 Å². The van der Waals surface area contributed by atoms with Gasteiger partial charge in [-0.25, -0.2) is 4.98 Å². The zero-order valence-corrected chi connectivity index (χ0v) is 16.5. The summed E-state index contributed by atoms with van der Waals surface area (Å²) in [5, 5.41) is 8.09. The van der Waals surface area contributed by atoms with Crippen molar-refractivity contribution in [2.24, 2.45) is 0 Å². The minimum atomic E-state index is 0.661. The molecular formula is C28H16N2O. The average molecular weight is 396 g/mol. The summed E-state index contributed by atoms with van der Waals surface area (Å²) in [4.78, 5) is 8.96. The second-order valence-corrected chi connectivity index (χ2v) is 7.92. The first-order valence-corrected chi connectivity index (χ1v) is 10.3. The Kier molecular flexibility index (Phi) is 3.27. The molecule has 3 heterocycles. The first-order valence-electron chi connectivity index (χ1n) is 10.3. The number of aromatic nitrogens is 2. The highest BCUT2D eigenvalue weighted by Crippen LogP contribution is 2.39. The topological polar surface area (TPSA) is 38.9 Å². The van der Waals surface area contributed by atoms with Gasteiger partial charge in [0.05, 0.1) is 5.52 Å². The first kappa shape index (κ1) is 16.5. The standard InChI is InChI=1S/C28H16N2O/c1-3-7-21-17(5-1)13-18-6-2-4-8-22(18)27(21)19-9-10-26-23(14-19)24-15-20-16-29-12-11-25(20)30-28(24)31-26/h1-16H. The number of hydrogen-bond donors (Lipinski definition) is 0. The molecule has 3 nitrogen and oxygen atoms in total. The minimum Gasteiger partial charge on any atom is -0.438 e. The quantitative estimate of drug-likeness (QED) is 0.270. The van der Waals surface area contributed by atoms with Gasteiger partial charge < -0.3 is 4.42 Å². The molecule has 0 aliphatic carbocycles. The Labute approximate surface area is 177 Å². The largest absolute Gasteiger partial charge is 0.438 e. The van der Waals surface area contributed by atoms with Crippen LogP contribution >= 0.6 is 0 Å². The SMILES string of the molecule is c1ccc2c(-c3ccc4oc5nc6ccncc6cc5c4c3)c3ccccc3cc2c1. The van der Waals surface area contributed by atoms with Crippen LogP contribution in [0.5, 0.6) is 0 Å². The van der Waals surface area contributed by atoms with E-state index in [4.69, 9.17) is 9.40 Å². The van der Waals surface area contributed by atoms with E-state index in [0.717, 1.165) is 27.3 Å². The number of fused-ring (bicyclic) bond motifs is 6. The molecule has 0 aliphatic heterocycles. The molecule has 3 heteroatoms. The average Bonchev–Trinajstić information content (AvgIpc) is 3.17. The van der Waals surface area contributed by atoms with Crippen molar-refractivity contribution in [1.82, 2.24) is 9.97 Å². The predicted octanol–water partition coefficient (Wildman–Crippen LogP) is 7.50. The molecule has 7 rings (SSSR count). The van der Waals surface area contributed by atoms with Crippen molar-refractivity contribution in [1.29, 1.82) is 0 Å². The Bertz CT molecular complexity index is 1740. The Hall–Kier alpha value is -4.24. The highest BCUT2D eigenvalue weighted by molar-refractivity contribution is 6.15. The van der Waals surface area contributed by atoms with E-state index in [9.17, 15) is 0 Å². The Morgan fingerprint density at radius 3 is 2.19 bits per heavy atom. The molecule has 0 unspecified atom stereocenters. The fourth-order valence-electron chi connectivity index (χ4n) is 4.68. The third kappa shape index (κ3) is 2.41. The molecule has 0 aliphatic rings. The van der Waals surface area contributed by atoms with E-state index in [1.165, 1.54) is 32.7 Å². The Morgan fingerprint density at radius 2 is 1.39 bits per heavy atom. The molecular weight excluding hydrogens is 380 g/mol. The second-order valence-electron chi connectivity index (χ2n) is 7.92. The van der Waals surface area contributed by atoms with E-state index in [2.05, 4.69) is 83.8 Å². The summed E-state index contributed by atoms with van der Waals surface area (Å²) in [5.74, 6) is 0. The van der Waals surface area contributed by atoms with Gasteiger partial charge in [0.2, 0.25) is 5.71 Å². The lowest BCUT2D eigenvalue weighted by molar-refractivity contribution is 0.656. The van der Waals surface area contributed by atoms with Gasteiger partial charge in [0.1, 0.15) is 5.58 Å². The van der Waals surface area contributed by atoms with Gasteiger partial charge >= 0.3 is 0 Å². The van der Waals surface area contributed by atoms with Crippen LogP contribution in [0.3, 0.4) is 0 Å². The summed E-state index contributed by atoms with van der Waals surface area (Å²) in [5.41, 5.74) is 4.82. The van der Waals surface area contributed by atoms with E-state index >= 15 is 0 Å². The fourth-order valence-corrected chi connectivity index (χ4v) is 4.68. The second kappa shape index (κ2) is 6.13. The van der Waals surface area contributed by atoms with Gasteiger partial charge in [-0.1, -0.05) is 54.6 Å². The lowest BCUT2D eigenvalue weighted by atomic mass is 9.91. The van der Waals surface area contributed by atoms with Gasteiger partial charge in [0.15, 0.2) is 0 Å². The minimum absolute atomic E-state index is 0.661. The van der Waals surface area contributed by atoms with Crippen molar-refractivity contribution < 1.29 is 4.42 Å². The Balaban J connectivity index is 1.60. The summed E-state index contributed by atoms with van der Waals surface area (Å²) in [6.07, 6.45) is 3.61. The van der Waals surface area contributed by atoms with Crippen LogP contribution in [0.2, 0.25) is 0 Å². The first-order chi connectivity index (χ1) is 15.3. The van der Waals surface area contributed by atoms with Gasteiger partial charge in [-0.3, -0.25) is 4.98 Å². The molecule has 0 bridgehead atoms. The summed E-state index contributed by atoms with van der Waals surface area (Å²) in [7, 11) is 0. The molecule has 0 spiro atoms. The molecule has 3 aromatic heterocycles. The van der Waals surface area contributed by atoms with Gasteiger partial charge in [0.25, 0.3) is 0 Å². The molecule has 4 aromatic carbocycles. The summed E-state index contributed by atoms with van der Waals surface area (Å²) in [6, 6.07) is 29.9. The maximum absolute atomic E-state index is 6.09. The molecule has 0 fully saturated rings. The smallest absolute Gasteiger partial charge is 0.227 e. The maximum atomic E-state index is 6.09. The van der Waals surface area contributed by atoms with Crippen molar-refractivity contribution in [3.05, 3.63) is 97.3 Å². The van der Waals surface area contributed by atoms with Gasteiger partial charge in [-0.15, -0.1) is 0 Å². The van der Waals surface area contributed by atoms with Crippen LogP contribution in [0.1, 0.15) is 0 Å². The fraction of sp³-hybridized carbons (Fsp3) is 0. The molecule has 0 saturated carbocycles. The third-order valence-electron chi connectivity index (χ3n) is 6.12. The van der Waals surface area contributed by atoms with Crippen molar-refractivity contribution in [3.8, 4) is 11.1 Å². The molecule has 0 saturated heterocycles. The predicted molar refractivity (Wildman–Crippen MR) is 127 cm³/mol. The van der Waals surface area contributed by atoms with Crippen LogP contribution in [-0.2, 0) is 0 Å². The molecule has 0 atom stereocenters. The molecule has 0 amide bonds. The van der Waals surface area contributed by atoms with Crippen LogP contribution in [0, 0.1) is 0 Å². The van der Waals surface area contributed by atoms with Crippen LogP contribution < -0.4 is 0 Å². The van der Waals surface area contributed by atoms with Crippen molar-refractivity contribution in [2.75, 3.05) is 0 Å². The zero-order chi connectivity index (χ0) is 20.4. The highest BCUT2D eigenvalue weighted by Gasteiger charge is 2.14. The van der Waals surface area contributed by atoms with E-state index in [0.29, 0.717) is 5.71 Å². The zero-order valence-electron chi connectivity index (χ0n) is 16.5. The van der Waals surface area contributed by atoms with Crippen LogP contribution in [0.15, 0.2) is 102 Å². The van der Waals surface area contributed by atoms with E-state index < -0.39 is 0 Å². The van der Waals surface area contributed by atoms with Gasteiger partial charge in [-0.05, 0) is 63.0 Å². The van der Waals surface area contributed by atoms with E-state index in [-0.39, 0.29) is 0 Å². The molecule has 0 N–H and O–H groups in total. The lowest BCUT2D eigenvalue weighted by Crippen LogP contribution is -1.85. The summed E-state index contributed by atoms with van der Waals surface area (Å²) < 4.78 is 6.09. The van der Waals surface area contributed by atoms with Gasteiger partial charge in [-0.2, -0.15) is 0 Å². The number of furan rings is 1. The van der Waals surface area contributed by atoms with Gasteiger partial charge in [0, 0.05) is 28.6 Å². The molecule has 31 heavy (non-hydrogen) atoms. The van der Waals surface area contributed by atoms with Crippen LogP contribution in [0.4, 0.5) is 0 Å². The highest BCUT2D eigenvalue weighted by atomic mass is 16.3. The van der Waals surface area contributed by atoms with Crippen molar-refractivity contribution >= 4 is 54.5 Å². The van der Waals surface area contributed by atoms with Crippen molar-refractivity contribution in [3.63, 3.8) is 0 Å². The number of nitrogens with zero attached hydrogens (tertiary/aromatic N) is 2. The van der Waals surface area contributed by atoms with E-state index in [1.54, 1.807) is 6.20 Å². The number of benzene rings is 4.